The molecule has 114 valence electrons. The van der Waals surface area contributed by atoms with Crippen LogP contribution in [0.5, 0.6) is 0 Å². The van der Waals surface area contributed by atoms with Crippen LogP contribution in [0.3, 0.4) is 0 Å². The minimum Gasteiger partial charge on any atom is -0.465 e. The maximum atomic E-state index is 12.0. The Morgan fingerprint density at radius 1 is 1.14 bits per heavy atom. The molecule has 0 aromatic heterocycles. The lowest BCUT2D eigenvalue weighted by Gasteiger charge is -2.24. The Labute approximate surface area is 124 Å². The molecule has 0 aliphatic rings. The maximum absolute atomic E-state index is 12.0. The van der Waals surface area contributed by atoms with Gasteiger partial charge in [-0.25, -0.2) is 4.79 Å². The SMILES string of the molecule is CCOC(=O)C(C)(Cc1ccc(C(=O)OC)cc1)C(C)=O. The molecule has 0 bridgehead atoms. The number of hydrogen-bond donors (Lipinski definition) is 0. The van der Waals surface area contributed by atoms with Crippen LogP contribution >= 0.6 is 0 Å². The highest BCUT2D eigenvalue weighted by Gasteiger charge is 2.39. The van der Waals surface area contributed by atoms with Gasteiger partial charge in [0.15, 0.2) is 0 Å². The lowest BCUT2D eigenvalue weighted by Crippen LogP contribution is -2.38. The van der Waals surface area contributed by atoms with Crippen molar-refractivity contribution < 1.29 is 23.9 Å². The molecule has 0 saturated carbocycles. The number of hydrogen-bond acceptors (Lipinski definition) is 5. The van der Waals surface area contributed by atoms with E-state index in [1.165, 1.54) is 14.0 Å². The van der Waals surface area contributed by atoms with E-state index in [0.717, 1.165) is 5.56 Å². The second-order valence-corrected chi connectivity index (χ2v) is 4.97. The van der Waals surface area contributed by atoms with Crippen LogP contribution < -0.4 is 0 Å². The zero-order valence-corrected chi connectivity index (χ0v) is 12.8. The number of carbonyl (C=O) groups is 3. The minimum absolute atomic E-state index is 0.225. The van der Waals surface area contributed by atoms with E-state index in [-0.39, 0.29) is 18.8 Å². The molecule has 1 unspecified atom stereocenters. The fraction of sp³-hybridized carbons (Fsp3) is 0.438. The van der Waals surface area contributed by atoms with E-state index in [1.54, 1.807) is 38.1 Å². The van der Waals surface area contributed by atoms with Crippen molar-refractivity contribution in [2.45, 2.75) is 27.2 Å². The summed E-state index contributed by atoms with van der Waals surface area (Å²) in [6.07, 6.45) is 0.225. The van der Waals surface area contributed by atoms with Gasteiger partial charge >= 0.3 is 11.9 Å². The van der Waals surface area contributed by atoms with Crippen LogP contribution in [-0.4, -0.2) is 31.4 Å². The van der Waals surface area contributed by atoms with Crippen LogP contribution in [0.15, 0.2) is 24.3 Å². The van der Waals surface area contributed by atoms with Crippen LogP contribution in [0.2, 0.25) is 0 Å². The number of ketones is 1. The first-order valence-electron chi connectivity index (χ1n) is 6.70. The number of carbonyl (C=O) groups excluding carboxylic acids is 3. The Hall–Kier alpha value is -2.17. The quantitative estimate of drug-likeness (QED) is 0.593. The average molecular weight is 292 g/mol. The number of ether oxygens (including phenoxy) is 2. The van der Waals surface area contributed by atoms with Crippen LogP contribution in [-0.2, 0) is 25.5 Å². The number of benzene rings is 1. The first kappa shape index (κ1) is 16.9. The van der Waals surface area contributed by atoms with Crippen molar-refractivity contribution in [1.82, 2.24) is 0 Å². The predicted octanol–water partition coefficient (Wildman–Crippen LogP) is 2.17. The molecule has 21 heavy (non-hydrogen) atoms. The van der Waals surface area contributed by atoms with Crippen molar-refractivity contribution in [3.05, 3.63) is 35.4 Å². The Morgan fingerprint density at radius 2 is 1.71 bits per heavy atom. The first-order valence-corrected chi connectivity index (χ1v) is 6.70. The van der Waals surface area contributed by atoms with Gasteiger partial charge in [-0.1, -0.05) is 12.1 Å². The summed E-state index contributed by atoms with van der Waals surface area (Å²) in [6, 6.07) is 6.61. The van der Waals surface area contributed by atoms with Crippen molar-refractivity contribution in [3.63, 3.8) is 0 Å². The van der Waals surface area contributed by atoms with Gasteiger partial charge in [-0.15, -0.1) is 0 Å². The fourth-order valence-electron chi connectivity index (χ4n) is 1.92. The normalized spacial score (nSPS) is 13.1. The average Bonchev–Trinajstić information content (AvgIpc) is 2.47. The van der Waals surface area contributed by atoms with E-state index in [0.29, 0.717) is 5.56 Å². The highest BCUT2D eigenvalue weighted by Crippen LogP contribution is 2.26. The molecule has 0 aliphatic heterocycles. The van der Waals surface area contributed by atoms with Crippen molar-refractivity contribution in [1.29, 1.82) is 0 Å². The standard InChI is InChI=1S/C16H20O5/c1-5-21-15(19)16(3,11(2)17)10-12-6-8-13(9-7-12)14(18)20-4/h6-9H,5,10H2,1-4H3. The van der Waals surface area contributed by atoms with E-state index in [2.05, 4.69) is 4.74 Å². The van der Waals surface area contributed by atoms with Gasteiger partial charge in [0.1, 0.15) is 11.2 Å². The monoisotopic (exact) mass is 292 g/mol. The third kappa shape index (κ3) is 3.90. The third-order valence-electron chi connectivity index (χ3n) is 3.44. The molecule has 0 heterocycles. The molecule has 1 atom stereocenters. The second kappa shape index (κ2) is 7.02. The molecule has 0 spiro atoms. The van der Waals surface area contributed by atoms with Crippen molar-refractivity contribution >= 4 is 17.7 Å². The zero-order valence-electron chi connectivity index (χ0n) is 12.8. The summed E-state index contributed by atoms with van der Waals surface area (Å²) in [5.74, 6) is -1.21. The molecule has 0 saturated heterocycles. The molecule has 0 aliphatic carbocycles. The molecule has 0 radical (unpaired) electrons. The van der Waals surface area contributed by atoms with E-state index in [9.17, 15) is 14.4 Å². The van der Waals surface area contributed by atoms with Gasteiger partial charge in [-0.05, 0) is 44.9 Å². The summed E-state index contributed by atoms with van der Waals surface area (Å²) in [4.78, 5) is 35.2. The van der Waals surface area contributed by atoms with Crippen molar-refractivity contribution in [3.8, 4) is 0 Å². The summed E-state index contributed by atoms with van der Waals surface area (Å²) in [6.45, 7) is 4.87. The zero-order chi connectivity index (χ0) is 16.0. The number of Topliss-reactive ketones (excluding diaryl/α,β-unsaturated/α-hetero) is 1. The Morgan fingerprint density at radius 3 is 2.14 bits per heavy atom. The van der Waals surface area contributed by atoms with Crippen molar-refractivity contribution in [2.24, 2.45) is 5.41 Å². The fourth-order valence-corrected chi connectivity index (χ4v) is 1.92. The smallest absolute Gasteiger partial charge is 0.337 e. The highest BCUT2D eigenvalue weighted by atomic mass is 16.5. The maximum Gasteiger partial charge on any atom is 0.337 e. The van der Waals surface area contributed by atoms with Crippen LogP contribution in [0.1, 0.15) is 36.7 Å². The molecule has 1 rings (SSSR count). The summed E-state index contributed by atoms with van der Waals surface area (Å²) in [7, 11) is 1.31. The largest absolute Gasteiger partial charge is 0.465 e. The minimum atomic E-state index is -1.22. The van der Waals surface area contributed by atoms with Gasteiger partial charge in [-0.3, -0.25) is 9.59 Å². The summed E-state index contributed by atoms with van der Waals surface area (Å²) in [5.41, 5.74) is -0.0293. The summed E-state index contributed by atoms with van der Waals surface area (Å²) >= 11 is 0. The second-order valence-electron chi connectivity index (χ2n) is 4.97. The number of rotatable bonds is 6. The molecular weight excluding hydrogens is 272 g/mol. The Balaban J connectivity index is 2.97. The molecule has 0 N–H and O–H groups in total. The highest BCUT2D eigenvalue weighted by molar-refractivity contribution is 6.02. The topological polar surface area (TPSA) is 69.7 Å². The number of esters is 2. The lowest BCUT2D eigenvalue weighted by molar-refractivity contribution is -0.158. The van der Waals surface area contributed by atoms with Gasteiger partial charge in [0, 0.05) is 0 Å². The van der Waals surface area contributed by atoms with Crippen LogP contribution in [0.25, 0.3) is 0 Å². The first-order chi connectivity index (χ1) is 9.85. The van der Waals surface area contributed by atoms with E-state index < -0.39 is 17.4 Å². The van der Waals surface area contributed by atoms with Crippen LogP contribution in [0.4, 0.5) is 0 Å². The molecule has 0 fully saturated rings. The molecule has 1 aromatic rings. The summed E-state index contributed by atoms with van der Waals surface area (Å²) in [5, 5.41) is 0. The number of methoxy groups -OCH3 is 1. The van der Waals surface area contributed by atoms with E-state index in [4.69, 9.17) is 4.74 Å². The predicted molar refractivity (Wildman–Crippen MR) is 76.9 cm³/mol. The third-order valence-corrected chi connectivity index (χ3v) is 3.44. The molecule has 0 amide bonds. The Bertz CT molecular complexity index is 532. The van der Waals surface area contributed by atoms with Crippen LogP contribution in [0, 0.1) is 5.41 Å². The van der Waals surface area contributed by atoms with Gasteiger partial charge in [-0.2, -0.15) is 0 Å². The van der Waals surface area contributed by atoms with Crippen molar-refractivity contribution in [2.75, 3.05) is 13.7 Å². The van der Waals surface area contributed by atoms with Gasteiger partial charge < -0.3 is 9.47 Å². The van der Waals surface area contributed by atoms with E-state index in [1.807, 2.05) is 0 Å². The van der Waals surface area contributed by atoms with Gasteiger partial charge in [0.2, 0.25) is 0 Å². The molecular formula is C16H20O5. The van der Waals surface area contributed by atoms with Gasteiger partial charge in [0.05, 0.1) is 19.3 Å². The summed E-state index contributed by atoms with van der Waals surface area (Å²) < 4.78 is 9.60. The lowest BCUT2D eigenvalue weighted by atomic mass is 9.80. The Kier molecular flexibility index (Phi) is 5.64. The van der Waals surface area contributed by atoms with Gasteiger partial charge in [0.25, 0.3) is 0 Å². The molecule has 5 nitrogen and oxygen atoms in total. The van der Waals surface area contributed by atoms with E-state index >= 15 is 0 Å². The molecule has 1 aromatic carbocycles. The molecule has 5 heteroatoms.